The van der Waals surface area contributed by atoms with Gasteiger partial charge in [-0.05, 0) is 35.7 Å². The van der Waals surface area contributed by atoms with E-state index in [0.717, 1.165) is 27.3 Å². The summed E-state index contributed by atoms with van der Waals surface area (Å²) in [7, 11) is 0. The van der Waals surface area contributed by atoms with E-state index < -0.39 is 0 Å². The molecule has 78 valence electrons. The normalized spacial score (nSPS) is 11.1. The van der Waals surface area contributed by atoms with Crippen LogP contribution in [0.4, 0.5) is 0 Å². The minimum Gasteiger partial charge on any atom is -0.299 e. The number of pyridine rings is 1. The first kappa shape index (κ1) is 9.54. The maximum Gasteiger partial charge on any atom is 0.170 e. The highest BCUT2D eigenvalue weighted by molar-refractivity contribution is 9.10. The van der Waals surface area contributed by atoms with Crippen LogP contribution in [0.15, 0.2) is 41.0 Å². The Balaban J connectivity index is 2.48. The third-order valence-corrected chi connectivity index (χ3v) is 3.03. The average Bonchev–Trinajstić information content (AvgIpc) is 2.71. The van der Waals surface area contributed by atoms with Crippen molar-refractivity contribution < 1.29 is 4.79 Å². The molecule has 3 aromatic rings. The van der Waals surface area contributed by atoms with Crippen molar-refractivity contribution in [3.05, 3.63) is 46.7 Å². The van der Waals surface area contributed by atoms with Crippen molar-refractivity contribution in [2.24, 2.45) is 0 Å². The second-order valence-electron chi connectivity index (χ2n) is 3.55. The number of rotatable bonds is 1. The van der Waals surface area contributed by atoms with Crippen LogP contribution in [0.2, 0.25) is 0 Å². The number of carbonyl (C=O) groups is 1. The summed E-state index contributed by atoms with van der Waals surface area (Å²) in [6, 6.07) is 9.92. The second kappa shape index (κ2) is 3.42. The van der Waals surface area contributed by atoms with Gasteiger partial charge in [0.2, 0.25) is 0 Å². The van der Waals surface area contributed by atoms with E-state index in [4.69, 9.17) is 0 Å². The third kappa shape index (κ3) is 1.34. The Bertz CT molecular complexity index is 703. The van der Waals surface area contributed by atoms with Crippen LogP contribution < -0.4 is 0 Å². The Morgan fingerprint density at radius 1 is 1.25 bits per heavy atom. The lowest BCUT2D eigenvalue weighted by Crippen LogP contribution is -1.85. The fraction of sp³-hybridized carbons (Fsp3) is 0. The number of fused-ring (bicyclic) bond motifs is 3. The Morgan fingerprint density at radius 2 is 2.12 bits per heavy atom. The van der Waals surface area contributed by atoms with Gasteiger partial charge in [-0.25, -0.2) is 4.98 Å². The zero-order chi connectivity index (χ0) is 11.1. The third-order valence-electron chi connectivity index (χ3n) is 2.53. The monoisotopic (exact) mass is 274 g/mol. The van der Waals surface area contributed by atoms with Crippen LogP contribution in [0.25, 0.3) is 16.6 Å². The van der Waals surface area contributed by atoms with Crippen molar-refractivity contribution >= 4 is 38.8 Å². The summed E-state index contributed by atoms with van der Waals surface area (Å²) in [5.74, 6) is 0. The molecule has 0 spiro atoms. The van der Waals surface area contributed by atoms with Crippen LogP contribution in [0.5, 0.6) is 0 Å². The van der Waals surface area contributed by atoms with Gasteiger partial charge in [0.15, 0.2) is 6.29 Å². The van der Waals surface area contributed by atoms with Gasteiger partial charge < -0.3 is 0 Å². The summed E-state index contributed by atoms with van der Waals surface area (Å²) < 4.78 is 2.96. The number of aldehydes is 1. The molecule has 0 fully saturated rings. The van der Waals surface area contributed by atoms with Crippen molar-refractivity contribution in [1.82, 2.24) is 9.38 Å². The van der Waals surface area contributed by atoms with Gasteiger partial charge in [0.05, 0.1) is 5.52 Å². The average molecular weight is 275 g/mol. The molecule has 1 aromatic carbocycles. The molecule has 0 unspecified atom stereocenters. The summed E-state index contributed by atoms with van der Waals surface area (Å²) in [5, 5.41) is 1.11. The number of halogens is 1. The van der Waals surface area contributed by atoms with Crippen LogP contribution in [0.3, 0.4) is 0 Å². The lowest BCUT2D eigenvalue weighted by molar-refractivity contribution is 0.111. The largest absolute Gasteiger partial charge is 0.299 e. The van der Waals surface area contributed by atoms with Crippen molar-refractivity contribution in [3.8, 4) is 0 Å². The van der Waals surface area contributed by atoms with E-state index in [0.29, 0.717) is 5.69 Å². The van der Waals surface area contributed by atoms with Gasteiger partial charge in [0.1, 0.15) is 11.3 Å². The van der Waals surface area contributed by atoms with Gasteiger partial charge in [0.25, 0.3) is 0 Å². The molecule has 0 N–H and O–H groups in total. The summed E-state index contributed by atoms with van der Waals surface area (Å²) in [5.41, 5.74) is 2.29. The van der Waals surface area contributed by atoms with E-state index in [2.05, 4.69) is 20.9 Å². The zero-order valence-corrected chi connectivity index (χ0v) is 9.81. The first-order valence-electron chi connectivity index (χ1n) is 4.80. The van der Waals surface area contributed by atoms with Gasteiger partial charge >= 0.3 is 0 Å². The predicted octanol–water partition coefficient (Wildman–Crippen LogP) is 3.06. The number of aromatic nitrogens is 2. The first-order valence-corrected chi connectivity index (χ1v) is 5.60. The SMILES string of the molecule is O=Cc1cn2c(ccc3cc(Br)ccc32)n1. The maximum absolute atomic E-state index is 10.7. The van der Waals surface area contributed by atoms with E-state index >= 15 is 0 Å². The molecule has 2 aromatic heterocycles. The predicted molar refractivity (Wildman–Crippen MR) is 65.8 cm³/mol. The number of hydrogen-bond donors (Lipinski definition) is 0. The smallest absolute Gasteiger partial charge is 0.170 e. The van der Waals surface area contributed by atoms with Gasteiger partial charge in [-0.15, -0.1) is 0 Å². The highest BCUT2D eigenvalue weighted by Gasteiger charge is 2.04. The van der Waals surface area contributed by atoms with E-state index in [9.17, 15) is 4.79 Å². The lowest BCUT2D eigenvalue weighted by Gasteiger charge is -2.01. The molecule has 3 nitrogen and oxygen atoms in total. The molecule has 16 heavy (non-hydrogen) atoms. The molecule has 0 saturated carbocycles. The van der Waals surface area contributed by atoms with Crippen molar-refractivity contribution in [1.29, 1.82) is 0 Å². The lowest BCUT2D eigenvalue weighted by atomic mass is 10.2. The quantitative estimate of drug-likeness (QED) is 0.640. The van der Waals surface area contributed by atoms with Gasteiger partial charge in [-0.1, -0.05) is 15.9 Å². The molecular weight excluding hydrogens is 268 g/mol. The van der Waals surface area contributed by atoms with E-state index in [1.165, 1.54) is 0 Å². The summed E-state index contributed by atoms with van der Waals surface area (Å²) in [6.07, 6.45) is 2.51. The Labute approximate surface area is 99.8 Å². The highest BCUT2D eigenvalue weighted by atomic mass is 79.9. The highest BCUT2D eigenvalue weighted by Crippen LogP contribution is 2.21. The first-order chi connectivity index (χ1) is 7.78. The molecule has 0 amide bonds. The molecule has 0 bridgehead atoms. The molecule has 0 atom stereocenters. The summed E-state index contributed by atoms with van der Waals surface area (Å²) in [4.78, 5) is 14.9. The molecular formula is C12H7BrN2O. The second-order valence-corrected chi connectivity index (χ2v) is 4.46. The minimum absolute atomic E-state index is 0.454. The van der Waals surface area contributed by atoms with E-state index in [1.807, 2.05) is 34.7 Å². The van der Waals surface area contributed by atoms with Crippen molar-refractivity contribution in [2.45, 2.75) is 0 Å². The number of nitrogens with zero attached hydrogens (tertiary/aromatic N) is 2. The Hall–Kier alpha value is -1.68. The number of hydrogen-bond acceptors (Lipinski definition) is 2. The van der Waals surface area contributed by atoms with Crippen molar-refractivity contribution in [2.75, 3.05) is 0 Å². The fourth-order valence-corrected chi connectivity index (χ4v) is 2.20. The van der Waals surface area contributed by atoms with Gasteiger partial charge in [0, 0.05) is 10.7 Å². The maximum atomic E-state index is 10.7. The molecule has 0 saturated heterocycles. The van der Waals surface area contributed by atoms with Gasteiger partial charge in [-0.3, -0.25) is 9.20 Å². The number of imidazole rings is 1. The Morgan fingerprint density at radius 3 is 2.94 bits per heavy atom. The van der Waals surface area contributed by atoms with Crippen LogP contribution in [-0.4, -0.2) is 15.7 Å². The molecule has 0 radical (unpaired) electrons. The topological polar surface area (TPSA) is 34.4 Å². The standard InChI is InChI=1S/C12H7BrN2O/c13-9-2-3-11-8(5-9)1-4-12-14-10(7-16)6-15(11)12/h1-7H. The molecule has 0 aliphatic heterocycles. The van der Waals surface area contributed by atoms with Crippen LogP contribution in [-0.2, 0) is 0 Å². The summed E-state index contributed by atoms with van der Waals surface area (Å²) >= 11 is 3.43. The van der Waals surface area contributed by atoms with E-state index in [1.54, 1.807) is 6.20 Å². The van der Waals surface area contributed by atoms with Crippen molar-refractivity contribution in [3.63, 3.8) is 0 Å². The molecule has 2 heterocycles. The summed E-state index contributed by atoms with van der Waals surface area (Å²) in [6.45, 7) is 0. The zero-order valence-electron chi connectivity index (χ0n) is 8.22. The molecule has 0 aliphatic rings. The molecule has 3 rings (SSSR count). The van der Waals surface area contributed by atoms with Gasteiger partial charge in [-0.2, -0.15) is 0 Å². The van der Waals surface area contributed by atoms with E-state index in [-0.39, 0.29) is 0 Å². The fourth-order valence-electron chi connectivity index (χ4n) is 1.82. The number of carbonyl (C=O) groups excluding carboxylic acids is 1. The van der Waals surface area contributed by atoms with Crippen LogP contribution in [0, 0.1) is 0 Å². The molecule has 0 aliphatic carbocycles. The van der Waals surface area contributed by atoms with Crippen LogP contribution in [0.1, 0.15) is 10.5 Å². The Kier molecular flexibility index (Phi) is 2.04. The number of benzene rings is 1. The molecule has 4 heteroatoms. The minimum atomic E-state index is 0.454. The van der Waals surface area contributed by atoms with Crippen LogP contribution >= 0.6 is 15.9 Å².